The highest BCUT2D eigenvalue weighted by atomic mass is 19.1. The first-order valence-electron chi connectivity index (χ1n) is 9.44. The van der Waals surface area contributed by atoms with Crippen LogP contribution in [0.25, 0.3) is 0 Å². The third-order valence-corrected chi connectivity index (χ3v) is 5.74. The summed E-state index contributed by atoms with van der Waals surface area (Å²) in [6.07, 6.45) is 6.07. The van der Waals surface area contributed by atoms with Crippen molar-refractivity contribution in [2.45, 2.75) is 71.5 Å². The Bertz CT molecular complexity index is 601. The van der Waals surface area contributed by atoms with Crippen LogP contribution in [0.2, 0.25) is 0 Å². The molecule has 1 heterocycles. The number of nitrogens with one attached hydrogen (secondary N) is 1. The first-order valence-corrected chi connectivity index (χ1v) is 9.44. The summed E-state index contributed by atoms with van der Waals surface area (Å²) in [5, 5.41) is 12.8. The van der Waals surface area contributed by atoms with Gasteiger partial charge in [0.1, 0.15) is 11.6 Å². The van der Waals surface area contributed by atoms with Gasteiger partial charge in [-0.1, -0.05) is 20.8 Å². The van der Waals surface area contributed by atoms with Crippen LogP contribution in [0.5, 0.6) is 0 Å². The van der Waals surface area contributed by atoms with E-state index < -0.39 is 0 Å². The molecule has 1 atom stereocenters. The highest BCUT2D eigenvalue weighted by molar-refractivity contribution is 5.41. The second kappa shape index (κ2) is 6.84. The molecule has 2 fully saturated rings. The molecule has 25 heavy (non-hydrogen) atoms. The molecule has 3 rings (SSSR count). The molecule has 0 saturated heterocycles. The second-order valence-corrected chi connectivity index (χ2v) is 9.30. The molecule has 0 amide bonds. The molecule has 0 aromatic carbocycles. The number of aromatic nitrogens is 1. The molecule has 0 radical (unpaired) electrons. The number of rotatable bonds is 7. The predicted octanol–water partition coefficient (Wildman–Crippen LogP) is 3.49. The first-order chi connectivity index (χ1) is 11.7. The van der Waals surface area contributed by atoms with Gasteiger partial charge in [0.25, 0.3) is 0 Å². The van der Waals surface area contributed by atoms with Crippen LogP contribution in [0.3, 0.4) is 0 Å². The van der Waals surface area contributed by atoms with E-state index in [0.29, 0.717) is 23.7 Å². The number of pyridine rings is 1. The summed E-state index contributed by atoms with van der Waals surface area (Å²) >= 11 is 0. The highest BCUT2D eigenvalue weighted by Crippen LogP contribution is 2.61. The summed E-state index contributed by atoms with van der Waals surface area (Å²) in [6.45, 7) is 6.79. The maximum Gasteiger partial charge on any atom is 0.146 e. The molecule has 2 aliphatic rings. The van der Waals surface area contributed by atoms with Crippen LogP contribution in [0.1, 0.15) is 58.6 Å². The van der Waals surface area contributed by atoms with Gasteiger partial charge >= 0.3 is 0 Å². The monoisotopic (exact) mass is 349 g/mol. The molecule has 0 unspecified atom stereocenters. The van der Waals surface area contributed by atoms with Crippen molar-refractivity contribution < 1.29 is 9.50 Å². The maximum absolute atomic E-state index is 14.2. The van der Waals surface area contributed by atoms with Gasteiger partial charge in [0, 0.05) is 25.7 Å². The lowest BCUT2D eigenvalue weighted by molar-refractivity contribution is 0.197. The van der Waals surface area contributed by atoms with Crippen LogP contribution in [0, 0.1) is 16.6 Å². The van der Waals surface area contributed by atoms with Crippen LogP contribution < -0.4 is 10.2 Å². The van der Waals surface area contributed by atoms with Crippen LogP contribution >= 0.6 is 0 Å². The van der Waals surface area contributed by atoms with Gasteiger partial charge in [-0.15, -0.1) is 0 Å². The normalized spacial score (nSPS) is 20.4. The summed E-state index contributed by atoms with van der Waals surface area (Å²) in [4.78, 5) is 6.75. The molecular weight excluding hydrogens is 317 g/mol. The van der Waals surface area contributed by atoms with Crippen molar-refractivity contribution in [3.8, 4) is 0 Å². The quantitative estimate of drug-likeness (QED) is 0.791. The molecule has 5 heteroatoms. The van der Waals surface area contributed by atoms with Crippen LogP contribution in [0.15, 0.2) is 12.1 Å². The summed E-state index contributed by atoms with van der Waals surface area (Å²) in [5.41, 5.74) is 1.18. The van der Waals surface area contributed by atoms with Gasteiger partial charge < -0.3 is 15.3 Å². The molecule has 0 aliphatic heterocycles. The Balaban J connectivity index is 1.61. The molecule has 0 bridgehead atoms. The van der Waals surface area contributed by atoms with E-state index in [1.54, 1.807) is 6.07 Å². The summed E-state index contributed by atoms with van der Waals surface area (Å²) in [6, 6.07) is 3.77. The molecule has 2 N–H and O–H groups in total. The van der Waals surface area contributed by atoms with Crippen LogP contribution in [-0.2, 0) is 6.54 Å². The number of hydrogen-bond acceptors (Lipinski definition) is 4. The van der Waals surface area contributed by atoms with E-state index in [0.717, 1.165) is 12.2 Å². The Kier molecular flexibility index (Phi) is 5.09. The van der Waals surface area contributed by atoms with Gasteiger partial charge in [0.15, 0.2) is 0 Å². The van der Waals surface area contributed by atoms with E-state index >= 15 is 0 Å². The zero-order valence-electron chi connectivity index (χ0n) is 16.0. The Labute approximate surface area is 150 Å². The van der Waals surface area contributed by atoms with E-state index in [1.165, 1.54) is 31.7 Å². The molecule has 1 spiro atoms. The lowest BCUT2D eigenvalue weighted by Gasteiger charge is -2.42. The fraction of sp³-hybridized carbons (Fsp3) is 0.750. The van der Waals surface area contributed by atoms with Gasteiger partial charge in [0.05, 0.1) is 12.3 Å². The number of anilines is 1. The number of aliphatic hydroxyl groups is 1. The van der Waals surface area contributed by atoms with Crippen molar-refractivity contribution in [1.82, 2.24) is 10.3 Å². The fourth-order valence-electron chi connectivity index (χ4n) is 3.96. The summed E-state index contributed by atoms with van der Waals surface area (Å²) in [5.74, 6) is 0.555. The molecule has 2 saturated carbocycles. The van der Waals surface area contributed by atoms with Crippen LogP contribution in [0.4, 0.5) is 10.2 Å². The lowest BCUT2D eigenvalue weighted by atomic mass is 9.76. The zero-order chi connectivity index (χ0) is 18.2. The number of nitrogens with zero attached hydrogens (tertiary/aromatic N) is 2. The van der Waals surface area contributed by atoms with Crippen molar-refractivity contribution in [2.75, 3.05) is 18.6 Å². The SMILES string of the molecule is CN(c1ccc(F)c(CN[C@@H](CO)CC(C)(C)C)n1)C1CC2(CC2)C1. The van der Waals surface area contributed by atoms with Crippen molar-refractivity contribution in [2.24, 2.45) is 10.8 Å². The fourth-order valence-corrected chi connectivity index (χ4v) is 3.96. The van der Waals surface area contributed by atoms with Crippen molar-refractivity contribution in [3.63, 3.8) is 0 Å². The van der Waals surface area contributed by atoms with Crippen molar-refractivity contribution >= 4 is 5.82 Å². The molecule has 140 valence electrons. The van der Waals surface area contributed by atoms with E-state index in [2.05, 4.69) is 43.0 Å². The Morgan fingerprint density at radius 2 is 2.04 bits per heavy atom. The van der Waals surface area contributed by atoms with Gasteiger partial charge in [-0.05, 0) is 55.1 Å². The average molecular weight is 349 g/mol. The number of aliphatic hydroxyl groups excluding tert-OH is 1. The largest absolute Gasteiger partial charge is 0.395 e. The minimum absolute atomic E-state index is 0.0443. The highest BCUT2D eigenvalue weighted by Gasteiger charge is 2.54. The van der Waals surface area contributed by atoms with Gasteiger partial charge in [-0.25, -0.2) is 9.37 Å². The Hall–Kier alpha value is -1.20. The van der Waals surface area contributed by atoms with E-state index in [-0.39, 0.29) is 23.9 Å². The Morgan fingerprint density at radius 3 is 2.60 bits per heavy atom. The second-order valence-electron chi connectivity index (χ2n) is 9.30. The molecule has 2 aliphatic carbocycles. The maximum atomic E-state index is 14.2. The van der Waals surface area contributed by atoms with E-state index in [9.17, 15) is 9.50 Å². The standard InChI is InChI=1S/C20H32FN3O/c1-19(2,3)9-14(13-25)22-12-17-16(21)5-6-18(23-17)24(4)15-10-20(11-15)7-8-20/h5-6,14-15,22,25H,7-13H2,1-4H3/t14-/m1/s1. The van der Waals surface area contributed by atoms with E-state index in [4.69, 9.17) is 0 Å². The summed E-state index contributed by atoms with van der Waals surface area (Å²) in [7, 11) is 2.06. The Morgan fingerprint density at radius 1 is 1.36 bits per heavy atom. The van der Waals surface area contributed by atoms with Gasteiger partial charge in [-0.2, -0.15) is 0 Å². The van der Waals surface area contributed by atoms with Gasteiger partial charge in [-0.3, -0.25) is 0 Å². The predicted molar refractivity (Wildman–Crippen MR) is 99.1 cm³/mol. The summed E-state index contributed by atoms with van der Waals surface area (Å²) < 4.78 is 14.2. The lowest BCUT2D eigenvalue weighted by Crippen LogP contribution is -2.44. The molecule has 1 aromatic rings. The topological polar surface area (TPSA) is 48.4 Å². The smallest absolute Gasteiger partial charge is 0.146 e. The zero-order valence-corrected chi connectivity index (χ0v) is 16.0. The third kappa shape index (κ3) is 4.50. The van der Waals surface area contributed by atoms with Crippen molar-refractivity contribution in [3.05, 3.63) is 23.6 Å². The van der Waals surface area contributed by atoms with Crippen molar-refractivity contribution in [1.29, 1.82) is 0 Å². The average Bonchev–Trinajstić information content (AvgIpc) is 3.30. The third-order valence-electron chi connectivity index (χ3n) is 5.74. The minimum Gasteiger partial charge on any atom is -0.395 e. The number of halogens is 1. The molecule has 1 aromatic heterocycles. The molecule has 4 nitrogen and oxygen atoms in total. The van der Waals surface area contributed by atoms with E-state index in [1.807, 2.05) is 0 Å². The minimum atomic E-state index is -0.288. The van der Waals surface area contributed by atoms with Crippen LogP contribution in [-0.4, -0.2) is 35.8 Å². The number of hydrogen-bond donors (Lipinski definition) is 2. The molecular formula is C20H32FN3O. The first kappa shape index (κ1) is 18.6. The van der Waals surface area contributed by atoms with Gasteiger partial charge in [0.2, 0.25) is 0 Å².